The van der Waals surface area contributed by atoms with Gasteiger partial charge in [0.2, 0.25) is 0 Å². The molecule has 154 valence electrons. The number of carbonyl (C=O) groups excluding carboxylic acids is 1. The molecule has 1 atom stereocenters. The van der Waals surface area contributed by atoms with Crippen LogP contribution in [0.4, 0.5) is 25.4 Å². The van der Waals surface area contributed by atoms with E-state index in [-0.39, 0.29) is 12.5 Å². The summed E-state index contributed by atoms with van der Waals surface area (Å²) in [5.41, 5.74) is 1.71. The second-order valence-electron chi connectivity index (χ2n) is 7.02. The third-order valence-corrected chi connectivity index (χ3v) is 4.97. The van der Waals surface area contributed by atoms with Gasteiger partial charge >= 0.3 is 12.2 Å². The zero-order valence-electron chi connectivity index (χ0n) is 16.2. The number of amides is 2. The van der Waals surface area contributed by atoms with Crippen molar-refractivity contribution < 1.29 is 23.8 Å². The fourth-order valence-electron chi connectivity index (χ4n) is 3.33. The van der Waals surface area contributed by atoms with Crippen molar-refractivity contribution in [1.82, 2.24) is 5.32 Å². The SMILES string of the molecule is CN(C(=O)OCc1ccccc1)c1ccc(N2CC[C@H](CNC(=O)O)C2)c(F)c1. The molecule has 29 heavy (non-hydrogen) atoms. The number of nitrogens with zero attached hydrogens (tertiary/aromatic N) is 2. The van der Waals surface area contributed by atoms with Crippen molar-refractivity contribution in [2.45, 2.75) is 13.0 Å². The maximum atomic E-state index is 14.7. The number of carbonyl (C=O) groups is 2. The summed E-state index contributed by atoms with van der Waals surface area (Å²) in [5.74, 6) is -0.294. The molecular weight excluding hydrogens is 377 g/mol. The molecule has 1 aliphatic rings. The minimum absolute atomic E-state index is 0.140. The first-order valence-electron chi connectivity index (χ1n) is 9.39. The highest BCUT2D eigenvalue weighted by molar-refractivity contribution is 5.87. The Labute approximate surface area is 168 Å². The molecule has 0 aromatic heterocycles. The molecule has 0 aliphatic carbocycles. The van der Waals surface area contributed by atoms with E-state index in [2.05, 4.69) is 5.32 Å². The Bertz CT molecular complexity index is 862. The number of rotatable bonds is 6. The van der Waals surface area contributed by atoms with Crippen molar-refractivity contribution in [2.24, 2.45) is 5.92 Å². The lowest BCUT2D eigenvalue weighted by atomic mass is 10.1. The van der Waals surface area contributed by atoms with E-state index in [0.717, 1.165) is 12.0 Å². The van der Waals surface area contributed by atoms with E-state index < -0.39 is 18.0 Å². The standard InChI is InChI=1S/C21H24FN3O4/c1-24(21(28)29-14-15-5-3-2-4-6-15)17-7-8-19(18(22)11-17)25-10-9-16(13-25)12-23-20(26)27/h2-8,11,16,23H,9-10,12-14H2,1H3,(H,26,27)/t16-/m1/s1. The van der Waals surface area contributed by atoms with Gasteiger partial charge in [-0.2, -0.15) is 0 Å². The van der Waals surface area contributed by atoms with E-state index in [0.29, 0.717) is 31.0 Å². The Hall–Kier alpha value is -3.29. The van der Waals surface area contributed by atoms with Crippen LogP contribution >= 0.6 is 0 Å². The van der Waals surface area contributed by atoms with Crippen molar-refractivity contribution >= 4 is 23.6 Å². The van der Waals surface area contributed by atoms with Gasteiger partial charge in [0.15, 0.2) is 0 Å². The maximum absolute atomic E-state index is 14.7. The van der Waals surface area contributed by atoms with E-state index in [9.17, 15) is 14.0 Å². The van der Waals surface area contributed by atoms with Crippen LogP contribution in [-0.2, 0) is 11.3 Å². The van der Waals surface area contributed by atoms with Gasteiger partial charge in [0.05, 0.1) is 5.69 Å². The molecule has 0 saturated carbocycles. The van der Waals surface area contributed by atoms with Crippen LogP contribution in [0.25, 0.3) is 0 Å². The third kappa shape index (κ3) is 5.37. The molecular formula is C21H24FN3O4. The highest BCUT2D eigenvalue weighted by Gasteiger charge is 2.25. The highest BCUT2D eigenvalue weighted by atomic mass is 19.1. The van der Waals surface area contributed by atoms with E-state index in [1.54, 1.807) is 12.1 Å². The van der Waals surface area contributed by atoms with Crippen LogP contribution < -0.4 is 15.1 Å². The Morgan fingerprint density at radius 1 is 1.28 bits per heavy atom. The summed E-state index contributed by atoms with van der Waals surface area (Å²) < 4.78 is 20.0. The van der Waals surface area contributed by atoms with Gasteiger partial charge in [-0.3, -0.25) is 4.90 Å². The van der Waals surface area contributed by atoms with Crippen molar-refractivity contribution in [3.05, 3.63) is 59.9 Å². The average molecular weight is 401 g/mol. The summed E-state index contributed by atoms with van der Waals surface area (Å²) in [6.07, 6.45) is -0.837. The molecule has 2 N–H and O–H groups in total. The normalized spacial score (nSPS) is 15.8. The Balaban J connectivity index is 1.58. The molecule has 1 fully saturated rings. The molecule has 8 heteroatoms. The molecule has 7 nitrogen and oxygen atoms in total. The van der Waals surface area contributed by atoms with E-state index in [1.807, 2.05) is 35.2 Å². The topological polar surface area (TPSA) is 82.1 Å². The minimum atomic E-state index is -1.05. The summed E-state index contributed by atoms with van der Waals surface area (Å²) in [6, 6.07) is 13.9. The Morgan fingerprint density at radius 3 is 2.72 bits per heavy atom. The second-order valence-corrected chi connectivity index (χ2v) is 7.02. The molecule has 0 bridgehead atoms. The van der Waals surface area contributed by atoms with Gasteiger partial charge in [-0.1, -0.05) is 30.3 Å². The van der Waals surface area contributed by atoms with Crippen molar-refractivity contribution in [2.75, 3.05) is 36.5 Å². The van der Waals surface area contributed by atoms with Crippen LogP contribution in [-0.4, -0.2) is 44.0 Å². The molecule has 1 heterocycles. The molecule has 1 saturated heterocycles. The number of hydrogen-bond acceptors (Lipinski definition) is 4. The first-order chi connectivity index (χ1) is 13.9. The molecule has 2 aromatic rings. The highest BCUT2D eigenvalue weighted by Crippen LogP contribution is 2.29. The molecule has 2 amide bonds. The van der Waals surface area contributed by atoms with Crippen LogP contribution in [0.15, 0.2) is 48.5 Å². The van der Waals surface area contributed by atoms with Crippen LogP contribution in [0.1, 0.15) is 12.0 Å². The predicted octanol–water partition coefficient (Wildman–Crippen LogP) is 3.69. The largest absolute Gasteiger partial charge is 0.465 e. The number of benzene rings is 2. The lowest BCUT2D eigenvalue weighted by Crippen LogP contribution is -2.30. The zero-order chi connectivity index (χ0) is 20.8. The smallest absolute Gasteiger partial charge is 0.414 e. The van der Waals surface area contributed by atoms with Gasteiger partial charge in [-0.25, -0.2) is 14.0 Å². The minimum Gasteiger partial charge on any atom is -0.465 e. The monoisotopic (exact) mass is 401 g/mol. The molecule has 1 aliphatic heterocycles. The lowest BCUT2D eigenvalue weighted by molar-refractivity contribution is 0.148. The fourth-order valence-corrected chi connectivity index (χ4v) is 3.33. The number of ether oxygens (including phenoxy) is 1. The molecule has 3 rings (SSSR count). The summed E-state index contributed by atoms with van der Waals surface area (Å²) in [7, 11) is 1.53. The summed E-state index contributed by atoms with van der Waals surface area (Å²) >= 11 is 0. The van der Waals surface area contributed by atoms with Gasteiger partial charge < -0.3 is 20.1 Å². The first-order valence-corrected chi connectivity index (χ1v) is 9.39. The van der Waals surface area contributed by atoms with Crippen LogP contribution in [0.5, 0.6) is 0 Å². The van der Waals surface area contributed by atoms with E-state index >= 15 is 0 Å². The number of halogens is 1. The summed E-state index contributed by atoms with van der Waals surface area (Å²) in [5, 5.41) is 11.1. The van der Waals surface area contributed by atoms with E-state index in [1.165, 1.54) is 18.0 Å². The fraction of sp³-hybridized carbons (Fsp3) is 0.333. The van der Waals surface area contributed by atoms with Crippen LogP contribution in [0.2, 0.25) is 0 Å². The van der Waals surface area contributed by atoms with Gasteiger partial charge in [0, 0.05) is 32.4 Å². The Morgan fingerprint density at radius 2 is 2.03 bits per heavy atom. The summed E-state index contributed by atoms with van der Waals surface area (Å²) in [6.45, 7) is 1.72. The van der Waals surface area contributed by atoms with Crippen LogP contribution in [0, 0.1) is 11.7 Å². The Kier molecular flexibility index (Phi) is 6.54. The number of carboxylic acid groups (broad SMARTS) is 1. The van der Waals surface area contributed by atoms with Gasteiger partial charge in [0.25, 0.3) is 0 Å². The predicted molar refractivity (Wildman–Crippen MR) is 108 cm³/mol. The van der Waals surface area contributed by atoms with Gasteiger partial charge in [-0.05, 0) is 36.1 Å². The summed E-state index contributed by atoms with van der Waals surface area (Å²) in [4.78, 5) is 26.0. The number of anilines is 2. The molecule has 0 unspecified atom stereocenters. The maximum Gasteiger partial charge on any atom is 0.414 e. The van der Waals surface area contributed by atoms with Gasteiger partial charge in [-0.15, -0.1) is 0 Å². The average Bonchev–Trinajstić information content (AvgIpc) is 3.19. The molecule has 0 spiro atoms. The van der Waals surface area contributed by atoms with Crippen molar-refractivity contribution in [3.8, 4) is 0 Å². The number of nitrogens with one attached hydrogen (secondary N) is 1. The second kappa shape index (κ2) is 9.27. The third-order valence-electron chi connectivity index (χ3n) is 4.97. The number of hydrogen-bond donors (Lipinski definition) is 2. The van der Waals surface area contributed by atoms with E-state index in [4.69, 9.17) is 9.84 Å². The van der Waals surface area contributed by atoms with Crippen molar-refractivity contribution in [3.63, 3.8) is 0 Å². The molecule has 2 aromatic carbocycles. The lowest BCUT2D eigenvalue weighted by Gasteiger charge is -2.22. The quantitative estimate of drug-likeness (QED) is 0.771. The zero-order valence-corrected chi connectivity index (χ0v) is 16.2. The van der Waals surface area contributed by atoms with Crippen molar-refractivity contribution in [1.29, 1.82) is 0 Å². The molecule has 0 radical (unpaired) electrons. The first kappa shape index (κ1) is 20.4. The van der Waals surface area contributed by atoms with Gasteiger partial charge in [0.1, 0.15) is 12.4 Å². The van der Waals surface area contributed by atoms with Crippen LogP contribution in [0.3, 0.4) is 0 Å².